The number of guanidine groups is 1. The van der Waals surface area contributed by atoms with E-state index in [4.69, 9.17) is 5.73 Å². The molecule has 0 bridgehead atoms. The minimum absolute atomic E-state index is 0.0630. The first-order valence-electron chi connectivity index (χ1n) is 7.22. The molecule has 1 aromatic rings. The van der Waals surface area contributed by atoms with Crippen LogP contribution in [0.15, 0.2) is 23.3 Å². The van der Waals surface area contributed by atoms with Crippen LogP contribution in [-0.2, 0) is 6.54 Å². The topological polar surface area (TPSA) is 66.5 Å². The number of aliphatic imine (C=N–C) groups is 1. The van der Waals surface area contributed by atoms with Crippen LogP contribution in [0.5, 0.6) is 0 Å². The van der Waals surface area contributed by atoms with Crippen molar-refractivity contribution in [2.45, 2.75) is 45.7 Å². The Morgan fingerprint density at radius 3 is 2.75 bits per heavy atom. The molecule has 3 N–H and O–H groups in total. The monoisotopic (exact) mass is 275 g/mol. The minimum atomic E-state index is -0.0630. The Bertz CT molecular complexity index is 469. The maximum atomic E-state index is 5.88. The van der Waals surface area contributed by atoms with Gasteiger partial charge in [0.2, 0.25) is 0 Å². The predicted molar refractivity (Wildman–Crippen MR) is 83.9 cm³/mol. The van der Waals surface area contributed by atoms with E-state index < -0.39 is 0 Å². The van der Waals surface area contributed by atoms with Crippen LogP contribution >= 0.6 is 0 Å². The SMILES string of the molecule is CC(C)(C)NC(N)=NCc1ccnc(N2CCCC2)c1. The summed E-state index contributed by atoms with van der Waals surface area (Å²) < 4.78 is 0. The number of nitrogens with zero attached hydrogens (tertiary/aromatic N) is 3. The summed E-state index contributed by atoms with van der Waals surface area (Å²) >= 11 is 0. The van der Waals surface area contributed by atoms with Crippen LogP contribution in [0.2, 0.25) is 0 Å². The average molecular weight is 275 g/mol. The van der Waals surface area contributed by atoms with Crippen molar-refractivity contribution in [2.75, 3.05) is 18.0 Å². The molecule has 110 valence electrons. The van der Waals surface area contributed by atoms with Crippen LogP contribution in [0.3, 0.4) is 0 Å². The Kier molecular flexibility index (Phi) is 4.47. The number of hydrogen-bond acceptors (Lipinski definition) is 3. The molecule has 0 saturated carbocycles. The van der Waals surface area contributed by atoms with Gasteiger partial charge in [0.1, 0.15) is 5.82 Å². The van der Waals surface area contributed by atoms with Crippen molar-refractivity contribution in [3.05, 3.63) is 23.9 Å². The molecular formula is C15H25N5. The van der Waals surface area contributed by atoms with E-state index in [-0.39, 0.29) is 5.54 Å². The minimum Gasteiger partial charge on any atom is -0.370 e. The van der Waals surface area contributed by atoms with Crippen molar-refractivity contribution in [3.63, 3.8) is 0 Å². The summed E-state index contributed by atoms with van der Waals surface area (Å²) in [6, 6.07) is 4.10. The summed E-state index contributed by atoms with van der Waals surface area (Å²) in [7, 11) is 0. The van der Waals surface area contributed by atoms with Gasteiger partial charge in [0.05, 0.1) is 6.54 Å². The van der Waals surface area contributed by atoms with E-state index in [0.29, 0.717) is 12.5 Å². The van der Waals surface area contributed by atoms with Crippen LogP contribution in [0.1, 0.15) is 39.2 Å². The highest BCUT2D eigenvalue weighted by Gasteiger charge is 2.13. The first-order valence-corrected chi connectivity index (χ1v) is 7.22. The van der Waals surface area contributed by atoms with Crippen LogP contribution < -0.4 is 16.0 Å². The quantitative estimate of drug-likeness (QED) is 0.653. The molecule has 0 atom stereocenters. The van der Waals surface area contributed by atoms with Crippen LogP contribution in [0.4, 0.5) is 5.82 Å². The Balaban J connectivity index is 1.99. The molecule has 2 heterocycles. The lowest BCUT2D eigenvalue weighted by Crippen LogP contribution is -2.44. The molecule has 0 aliphatic carbocycles. The lowest BCUT2D eigenvalue weighted by molar-refractivity contribution is 0.508. The fourth-order valence-electron chi connectivity index (χ4n) is 2.28. The number of pyridine rings is 1. The second kappa shape index (κ2) is 6.11. The zero-order valence-electron chi connectivity index (χ0n) is 12.7. The van der Waals surface area contributed by atoms with Crippen molar-refractivity contribution in [1.29, 1.82) is 0 Å². The van der Waals surface area contributed by atoms with Crippen LogP contribution in [0, 0.1) is 0 Å². The Morgan fingerprint density at radius 1 is 1.40 bits per heavy atom. The van der Waals surface area contributed by atoms with E-state index in [1.54, 1.807) is 0 Å². The van der Waals surface area contributed by atoms with E-state index in [0.717, 1.165) is 24.5 Å². The molecule has 1 aromatic heterocycles. The summed E-state index contributed by atoms with van der Waals surface area (Å²) in [5.74, 6) is 1.54. The van der Waals surface area contributed by atoms with Gasteiger partial charge in [0.15, 0.2) is 5.96 Å². The Hall–Kier alpha value is -1.78. The van der Waals surface area contributed by atoms with E-state index in [1.807, 2.05) is 12.3 Å². The fourth-order valence-corrected chi connectivity index (χ4v) is 2.28. The number of rotatable bonds is 3. The molecule has 2 rings (SSSR count). The number of anilines is 1. The smallest absolute Gasteiger partial charge is 0.189 e. The van der Waals surface area contributed by atoms with Gasteiger partial charge in [-0.3, -0.25) is 0 Å². The molecule has 1 aliphatic heterocycles. The van der Waals surface area contributed by atoms with Crippen LogP contribution in [-0.4, -0.2) is 29.6 Å². The van der Waals surface area contributed by atoms with Gasteiger partial charge in [-0.1, -0.05) is 0 Å². The number of nitrogens with one attached hydrogen (secondary N) is 1. The third-order valence-corrected chi connectivity index (χ3v) is 3.18. The number of aromatic nitrogens is 1. The third kappa shape index (κ3) is 4.40. The Morgan fingerprint density at radius 2 is 2.10 bits per heavy atom. The van der Waals surface area contributed by atoms with Crippen molar-refractivity contribution in [2.24, 2.45) is 10.7 Å². The van der Waals surface area contributed by atoms with Crippen molar-refractivity contribution < 1.29 is 0 Å². The van der Waals surface area contributed by atoms with Gasteiger partial charge in [-0.15, -0.1) is 0 Å². The molecule has 1 aliphatic rings. The predicted octanol–water partition coefficient (Wildman–Crippen LogP) is 1.88. The maximum absolute atomic E-state index is 5.88. The van der Waals surface area contributed by atoms with E-state index in [2.05, 4.69) is 47.0 Å². The van der Waals surface area contributed by atoms with Gasteiger partial charge < -0.3 is 16.0 Å². The molecule has 1 saturated heterocycles. The first-order chi connectivity index (χ1) is 9.44. The highest BCUT2D eigenvalue weighted by atomic mass is 15.2. The summed E-state index contributed by atoms with van der Waals surface area (Å²) in [6.45, 7) is 8.98. The van der Waals surface area contributed by atoms with E-state index in [1.165, 1.54) is 12.8 Å². The molecule has 0 unspecified atom stereocenters. The van der Waals surface area contributed by atoms with Crippen molar-refractivity contribution in [3.8, 4) is 0 Å². The van der Waals surface area contributed by atoms with Gasteiger partial charge in [0, 0.05) is 24.8 Å². The number of hydrogen-bond donors (Lipinski definition) is 2. The van der Waals surface area contributed by atoms with Gasteiger partial charge >= 0.3 is 0 Å². The Labute approximate surface area is 121 Å². The summed E-state index contributed by atoms with van der Waals surface area (Å²) in [5, 5.41) is 3.16. The zero-order valence-corrected chi connectivity index (χ0v) is 12.7. The molecule has 0 aromatic carbocycles. The van der Waals surface area contributed by atoms with Crippen molar-refractivity contribution >= 4 is 11.8 Å². The molecule has 0 radical (unpaired) electrons. The van der Waals surface area contributed by atoms with Gasteiger partial charge in [-0.05, 0) is 51.3 Å². The summed E-state index contributed by atoms with van der Waals surface area (Å²) in [4.78, 5) is 11.1. The average Bonchev–Trinajstić information content (AvgIpc) is 2.88. The molecule has 5 heteroatoms. The first kappa shape index (κ1) is 14.6. The third-order valence-electron chi connectivity index (χ3n) is 3.18. The second-order valence-corrected chi connectivity index (χ2v) is 6.29. The molecular weight excluding hydrogens is 250 g/mol. The second-order valence-electron chi connectivity index (χ2n) is 6.29. The van der Waals surface area contributed by atoms with Gasteiger partial charge in [-0.25, -0.2) is 9.98 Å². The normalized spacial score (nSPS) is 16.6. The van der Waals surface area contributed by atoms with Crippen LogP contribution in [0.25, 0.3) is 0 Å². The van der Waals surface area contributed by atoms with E-state index >= 15 is 0 Å². The van der Waals surface area contributed by atoms with Crippen molar-refractivity contribution in [1.82, 2.24) is 10.3 Å². The van der Waals surface area contributed by atoms with Gasteiger partial charge in [0.25, 0.3) is 0 Å². The molecule has 1 fully saturated rings. The van der Waals surface area contributed by atoms with E-state index in [9.17, 15) is 0 Å². The summed E-state index contributed by atoms with van der Waals surface area (Å²) in [5.41, 5.74) is 6.96. The zero-order chi connectivity index (χ0) is 14.6. The lowest BCUT2D eigenvalue weighted by Gasteiger charge is -2.21. The van der Waals surface area contributed by atoms with Gasteiger partial charge in [-0.2, -0.15) is 0 Å². The summed E-state index contributed by atoms with van der Waals surface area (Å²) in [6.07, 6.45) is 4.37. The number of nitrogens with two attached hydrogens (primary N) is 1. The highest BCUT2D eigenvalue weighted by Crippen LogP contribution is 2.18. The maximum Gasteiger partial charge on any atom is 0.189 e. The standard InChI is InChI=1S/C15H25N5/c1-15(2,3)19-14(16)18-11-12-6-7-17-13(10-12)20-8-4-5-9-20/h6-7,10H,4-5,8-9,11H2,1-3H3,(H3,16,18,19). The molecule has 20 heavy (non-hydrogen) atoms. The molecule has 0 spiro atoms. The molecule has 0 amide bonds. The highest BCUT2D eigenvalue weighted by molar-refractivity contribution is 5.78. The largest absolute Gasteiger partial charge is 0.370 e. The lowest BCUT2D eigenvalue weighted by atomic mass is 10.1. The molecule has 5 nitrogen and oxygen atoms in total. The fraction of sp³-hybridized carbons (Fsp3) is 0.600.